The number of halogens is 1. The van der Waals surface area contributed by atoms with Gasteiger partial charge in [0.2, 0.25) is 0 Å². The van der Waals surface area contributed by atoms with Gasteiger partial charge in [0.25, 0.3) is 0 Å². The van der Waals surface area contributed by atoms with E-state index in [9.17, 15) is 4.39 Å². The van der Waals surface area contributed by atoms with Crippen molar-refractivity contribution in [3.05, 3.63) is 46.5 Å². The first-order valence-corrected chi connectivity index (χ1v) is 6.46. The van der Waals surface area contributed by atoms with Gasteiger partial charge in [0.15, 0.2) is 0 Å². The van der Waals surface area contributed by atoms with Crippen molar-refractivity contribution in [2.75, 3.05) is 7.05 Å². The highest BCUT2D eigenvalue weighted by atomic mass is 19.1. The van der Waals surface area contributed by atoms with Crippen molar-refractivity contribution in [2.45, 2.75) is 33.7 Å². The minimum Gasteiger partial charge on any atom is -0.313 e. The molecule has 4 heteroatoms. The standard InChI is InChI=1S/C15H20FN3/c1-9-10(2)18-19(12(9)4)15-13(11(3)17-5)7-6-8-14(15)16/h6-8,11,17H,1-5H3. The SMILES string of the molecule is CNC(C)c1cccc(F)c1-n1nc(C)c(C)c1C. The van der Waals surface area contributed by atoms with Gasteiger partial charge in [0, 0.05) is 11.7 Å². The molecule has 0 aliphatic carbocycles. The number of hydrogen-bond donors (Lipinski definition) is 1. The van der Waals surface area contributed by atoms with Crippen LogP contribution in [-0.2, 0) is 0 Å². The monoisotopic (exact) mass is 261 g/mol. The van der Waals surface area contributed by atoms with Gasteiger partial charge in [-0.05, 0) is 51.9 Å². The Balaban J connectivity index is 2.70. The Bertz CT molecular complexity index is 602. The average Bonchev–Trinajstić information content (AvgIpc) is 2.65. The van der Waals surface area contributed by atoms with E-state index in [0.717, 1.165) is 22.5 Å². The van der Waals surface area contributed by atoms with Crippen LogP contribution in [0.1, 0.15) is 35.5 Å². The highest BCUT2D eigenvalue weighted by Gasteiger charge is 2.18. The molecule has 1 atom stereocenters. The van der Waals surface area contributed by atoms with E-state index in [1.165, 1.54) is 6.07 Å². The van der Waals surface area contributed by atoms with Gasteiger partial charge in [-0.1, -0.05) is 12.1 Å². The Hall–Kier alpha value is -1.68. The predicted octanol–water partition coefficient (Wildman–Crippen LogP) is 3.22. The minimum atomic E-state index is -0.245. The van der Waals surface area contributed by atoms with Gasteiger partial charge in [-0.15, -0.1) is 0 Å². The van der Waals surface area contributed by atoms with Crippen molar-refractivity contribution >= 4 is 0 Å². The fourth-order valence-corrected chi connectivity index (χ4v) is 2.20. The number of hydrogen-bond acceptors (Lipinski definition) is 2. The number of nitrogens with one attached hydrogen (secondary N) is 1. The average molecular weight is 261 g/mol. The van der Waals surface area contributed by atoms with Crippen LogP contribution >= 0.6 is 0 Å². The smallest absolute Gasteiger partial charge is 0.149 e. The molecule has 0 saturated heterocycles. The summed E-state index contributed by atoms with van der Waals surface area (Å²) in [6.45, 7) is 7.93. The second kappa shape index (κ2) is 5.13. The van der Waals surface area contributed by atoms with E-state index >= 15 is 0 Å². The van der Waals surface area contributed by atoms with Crippen molar-refractivity contribution in [2.24, 2.45) is 0 Å². The molecule has 2 rings (SSSR count). The largest absolute Gasteiger partial charge is 0.313 e. The summed E-state index contributed by atoms with van der Waals surface area (Å²) >= 11 is 0. The number of benzene rings is 1. The fourth-order valence-electron chi connectivity index (χ4n) is 2.20. The van der Waals surface area contributed by atoms with Crippen molar-refractivity contribution in [1.29, 1.82) is 0 Å². The topological polar surface area (TPSA) is 29.9 Å². The summed E-state index contributed by atoms with van der Waals surface area (Å²) in [5, 5.41) is 7.62. The molecule has 0 radical (unpaired) electrons. The highest BCUT2D eigenvalue weighted by Crippen LogP contribution is 2.26. The number of rotatable bonds is 3. The van der Waals surface area contributed by atoms with Crippen LogP contribution < -0.4 is 5.32 Å². The molecular weight excluding hydrogens is 241 g/mol. The second-order valence-electron chi connectivity index (χ2n) is 4.90. The summed E-state index contributed by atoms with van der Waals surface area (Å²) in [5.74, 6) is -0.245. The zero-order chi connectivity index (χ0) is 14.2. The Morgan fingerprint density at radius 2 is 1.95 bits per heavy atom. The molecule has 0 amide bonds. The third kappa shape index (κ3) is 2.28. The molecule has 1 unspecified atom stereocenters. The molecule has 0 aliphatic rings. The van der Waals surface area contributed by atoms with E-state index in [1.807, 2.05) is 40.8 Å². The van der Waals surface area contributed by atoms with Gasteiger partial charge < -0.3 is 5.32 Å². The van der Waals surface area contributed by atoms with Gasteiger partial charge in [-0.25, -0.2) is 9.07 Å². The zero-order valence-corrected chi connectivity index (χ0v) is 12.1. The lowest BCUT2D eigenvalue weighted by Gasteiger charge is -2.17. The highest BCUT2D eigenvalue weighted by molar-refractivity contribution is 5.46. The predicted molar refractivity (Wildman–Crippen MR) is 75.2 cm³/mol. The maximum atomic E-state index is 14.3. The van der Waals surface area contributed by atoms with Gasteiger partial charge in [-0.3, -0.25) is 0 Å². The van der Waals surface area contributed by atoms with Crippen LogP contribution in [-0.4, -0.2) is 16.8 Å². The molecule has 1 aromatic heterocycles. The molecule has 2 aromatic rings. The molecule has 0 saturated carbocycles. The second-order valence-corrected chi connectivity index (χ2v) is 4.90. The van der Waals surface area contributed by atoms with E-state index in [2.05, 4.69) is 10.4 Å². The van der Waals surface area contributed by atoms with Crippen LogP contribution in [0.3, 0.4) is 0 Å². The van der Waals surface area contributed by atoms with Crippen LogP contribution in [0, 0.1) is 26.6 Å². The molecule has 1 N–H and O–H groups in total. The fraction of sp³-hybridized carbons (Fsp3) is 0.400. The molecule has 0 spiro atoms. The van der Waals surface area contributed by atoms with Crippen LogP contribution in [0.25, 0.3) is 5.69 Å². The Kier molecular flexibility index (Phi) is 3.71. The number of aryl methyl sites for hydroxylation is 1. The van der Waals surface area contributed by atoms with Crippen molar-refractivity contribution in [3.8, 4) is 5.69 Å². The molecule has 19 heavy (non-hydrogen) atoms. The zero-order valence-electron chi connectivity index (χ0n) is 12.1. The summed E-state index contributed by atoms with van der Waals surface area (Å²) in [6, 6.07) is 5.22. The molecule has 0 fully saturated rings. The lowest BCUT2D eigenvalue weighted by Crippen LogP contribution is -2.17. The van der Waals surface area contributed by atoms with Crippen molar-refractivity contribution in [3.63, 3.8) is 0 Å². The van der Waals surface area contributed by atoms with E-state index in [0.29, 0.717) is 5.69 Å². The summed E-state index contributed by atoms with van der Waals surface area (Å²) in [4.78, 5) is 0. The lowest BCUT2D eigenvalue weighted by molar-refractivity contribution is 0.586. The minimum absolute atomic E-state index is 0.0647. The maximum Gasteiger partial charge on any atom is 0.149 e. The molecule has 102 valence electrons. The van der Waals surface area contributed by atoms with E-state index in [-0.39, 0.29) is 11.9 Å². The third-order valence-electron chi connectivity index (χ3n) is 3.78. The first kappa shape index (κ1) is 13.7. The molecule has 3 nitrogen and oxygen atoms in total. The summed E-state index contributed by atoms with van der Waals surface area (Å²) in [6.07, 6.45) is 0. The van der Waals surface area contributed by atoms with Crippen molar-refractivity contribution in [1.82, 2.24) is 15.1 Å². The number of para-hydroxylation sites is 1. The van der Waals surface area contributed by atoms with Crippen LogP contribution in [0.2, 0.25) is 0 Å². The van der Waals surface area contributed by atoms with Crippen LogP contribution in [0.15, 0.2) is 18.2 Å². The summed E-state index contributed by atoms with van der Waals surface area (Å²) in [7, 11) is 1.87. The van der Waals surface area contributed by atoms with E-state index < -0.39 is 0 Å². The maximum absolute atomic E-state index is 14.3. The number of aromatic nitrogens is 2. The molecular formula is C15H20FN3. The molecule has 0 bridgehead atoms. The first-order chi connectivity index (χ1) is 8.97. The summed E-state index contributed by atoms with van der Waals surface area (Å²) < 4.78 is 16.0. The van der Waals surface area contributed by atoms with E-state index in [4.69, 9.17) is 0 Å². The molecule has 0 aliphatic heterocycles. The van der Waals surface area contributed by atoms with Gasteiger partial charge in [-0.2, -0.15) is 5.10 Å². The first-order valence-electron chi connectivity index (χ1n) is 6.46. The van der Waals surface area contributed by atoms with E-state index in [1.54, 1.807) is 10.7 Å². The molecule has 1 heterocycles. The van der Waals surface area contributed by atoms with Crippen LogP contribution in [0.4, 0.5) is 4.39 Å². The van der Waals surface area contributed by atoms with Gasteiger partial charge in [0.05, 0.1) is 5.69 Å². The normalized spacial score (nSPS) is 12.7. The number of nitrogens with zero attached hydrogens (tertiary/aromatic N) is 2. The van der Waals surface area contributed by atoms with Crippen LogP contribution in [0.5, 0.6) is 0 Å². The Morgan fingerprint density at radius 1 is 1.26 bits per heavy atom. The quantitative estimate of drug-likeness (QED) is 0.919. The lowest BCUT2D eigenvalue weighted by atomic mass is 10.1. The Morgan fingerprint density at radius 3 is 2.47 bits per heavy atom. The molecule has 1 aromatic carbocycles. The summed E-state index contributed by atoms with van der Waals surface area (Å²) in [5.41, 5.74) is 4.47. The third-order valence-corrected chi connectivity index (χ3v) is 3.78. The van der Waals surface area contributed by atoms with Gasteiger partial charge >= 0.3 is 0 Å². The van der Waals surface area contributed by atoms with Crippen molar-refractivity contribution < 1.29 is 4.39 Å². The van der Waals surface area contributed by atoms with Gasteiger partial charge in [0.1, 0.15) is 11.5 Å². The Labute approximate surface area is 113 Å².